The summed E-state index contributed by atoms with van der Waals surface area (Å²) in [6.07, 6.45) is 2.34. The minimum absolute atomic E-state index is 0.102. The zero-order chi connectivity index (χ0) is 20.7. The van der Waals surface area contributed by atoms with Crippen LogP contribution in [0.25, 0.3) is 0 Å². The Labute approximate surface area is 169 Å². The summed E-state index contributed by atoms with van der Waals surface area (Å²) < 4.78 is 23.0. The van der Waals surface area contributed by atoms with Gasteiger partial charge < -0.3 is 10.6 Å². The molecular weight excluding hydrogens is 398 g/mol. The first kappa shape index (κ1) is 21.9. The van der Waals surface area contributed by atoms with Gasteiger partial charge in [-0.1, -0.05) is 23.8 Å². The lowest BCUT2D eigenvalue weighted by Gasteiger charge is -2.18. The fourth-order valence-electron chi connectivity index (χ4n) is 2.51. The highest BCUT2D eigenvalue weighted by Crippen LogP contribution is 2.15. The second-order valence-electron chi connectivity index (χ2n) is 6.24. The highest BCUT2D eigenvalue weighted by atomic mass is 32.2. The lowest BCUT2D eigenvalue weighted by Crippen LogP contribution is -2.44. The molecule has 0 aliphatic rings. The van der Waals surface area contributed by atoms with Gasteiger partial charge in [0.1, 0.15) is 6.04 Å². The van der Waals surface area contributed by atoms with E-state index in [0.29, 0.717) is 17.7 Å². The lowest BCUT2D eigenvalue weighted by atomic mass is 10.1. The summed E-state index contributed by atoms with van der Waals surface area (Å²) in [4.78, 5) is 25.1. The predicted octanol–water partition coefficient (Wildman–Crippen LogP) is 2.13. The van der Waals surface area contributed by atoms with E-state index < -0.39 is 22.0 Å². The molecule has 4 N–H and O–H groups in total. The third-order valence-corrected chi connectivity index (χ3v) is 5.50. The van der Waals surface area contributed by atoms with Gasteiger partial charge in [-0.2, -0.15) is 11.8 Å². The fraction of sp³-hybridized carbons (Fsp3) is 0.263. The van der Waals surface area contributed by atoms with E-state index >= 15 is 0 Å². The van der Waals surface area contributed by atoms with Crippen LogP contribution in [0.2, 0.25) is 0 Å². The van der Waals surface area contributed by atoms with Crippen molar-refractivity contribution in [2.24, 2.45) is 5.14 Å². The van der Waals surface area contributed by atoms with Crippen molar-refractivity contribution in [2.75, 3.05) is 17.3 Å². The standard InChI is InChI=1S/C19H23N3O4S2/c1-13-5-3-6-14(11-13)18(23)22-17(9-10-27-2)19(24)21-15-7-4-8-16(12-15)28(20,25)26/h3-8,11-12,17H,9-10H2,1-2H3,(H,21,24)(H,22,23)(H2,20,25,26). The number of benzene rings is 2. The van der Waals surface area contributed by atoms with Crippen molar-refractivity contribution in [3.05, 3.63) is 59.7 Å². The number of aryl methyl sites for hydroxylation is 1. The van der Waals surface area contributed by atoms with Crippen LogP contribution < -0.4 is 15.8 Å². The molecule has 9 heteroatoms. The van der Waals surface area contributed by atoms with E-state index in [1.54, 1.807) is 36.0 Å². The first-order chi connectivity index (χ1) is 13.2. The zero-order valence-corrected chi connectivity index (χ0v) is 17.3. The Hall–Kier alpha value is -2.36. The highest BCUT2D eigenvalue weighted by Gasteiger charge is 2.22. The normalized spacial score (nSPS) is 12.2. The van der Waals surface area contributed by atoms with E-state index in [4.69, 9.17) is 5.14 Å². The second-order valence-corrected chi connectivity index (χ2v) is 8.79. The number of carbonyl (C=O) groups excluding carboxylic acids is 2. The number of carbonyl (C=O) groups is 2. The first-order valence-corrected chi connectivity index (χ1v) is 11.4. The van der Waals surface area contributed by atoms with Crippen molar-refractivity contribution < 1.29 is 18.0 Å². The lowest BCUT2D eigenvalue weighted by molar-refractivity contribution is -0.118. The van der Waals surface area contributed by atoms with E-state index in [2.05, 4.69) is 10.6 Å². The molecule has 0 radical (unpaired) electrons. The topological polar surface area (TPSA) is 118 Å². The maximum absolute atomic E-state index is 12.7. The van der Waals surface area contributed by atoms with Crippen LogP contribution in [-0.2, 0) is 14.8 Å². The Kier molecular flexibility index (Phi) is 7.61. The summed E-state index contributed by atoms with van der Waals surface area (Å²) >= 11 is 1.56. The van der Waals surface area contributed by atoms with Crippen LogP contribution in [0.5, 0.6) is 0 Å². The number of amides is 2. The number of sulfonamides is 1. The minimum Gasteiger partial charge on any atom is -0.340 e. The van der Waals surface area contributed by atoms with E-state index in [1.807, 2.05) is 19.2 Å². The highest BCUT2D eigenvalue weighted by molar-refractivity contribution is 7.98. The van der Waals surface area contributed by atoms with Crippen molar-refractivity contribution in [1.29, 1.82) is 0 Å². The molecule has 0 saturated carbocycles. The van der Waals surface area contributed by atoms with E-state index in [1.165, 1.54) is 18.2 Å². The largest absolute Gasteiger partial charge is 0.340 e. The molecule has 2 rings (SSSR count). The molecular formula is C19H23N3O4S2. The van der Waals surface area contributed by atoms with Gasteiger partial charge in [-0.3, -0.25) is 9.59 Å². The van der Waals surface area contributed by atoms with Gasteiger partial charge in [-0.05, 0) is 55.7 Å². The van der Waals surface area contributed by atoms with Crippen LogP contribution in [0, 0.1) is 6.92 Å². The van der Waals surface area contributed by atoms with Crippen LogP contribution in [-0.4, -0.2) is 38.3 Å². The third kappa shape index (κ3) is 6.36. The second kappa shape index (κ2) is 9.72. The Morgan fingerprint density at radius 2 is 1.86 bits per heavy atom. The summed E-state index contributed by atoms with van der Waals surface area (Å²) in [5.41, 5.74) is 1.70. The van der Waals surface area contributed by atoms with Crippen LogP contribution in [0.4, 0.5) is 5.69 Å². The number of rotatable bonds is 8. The Morgan fingerprint density at radius 1 is 1.14 bits per heavy atom. The molecule has 0 fully saturated rings. The molecule has 7 nitrogen and oxygen atoms in total. The van der Waals surface area contributed by atoms with Gasteiger partial charge in [0.2, 0.25) is 15.9 Å². The van der Waals surface area contributed by atoms with E-state index in [9.17, 15) is 18.0 Å². The molecule has 0 aliphatic heterocycles. The van der Waals surface area contributed by atoms with Crippen LogP contribution >= 0.6 is 11.8 Å². The van der Waals surface area contributed by atoms with Gasteiger partial charge in [-0.15, -0.1) is 0 Å². The molecule has 0 aromatic heterocycles. The third-order valence-electron chi connectivity index (χ3n) is 3.94. The molecule has 0 heterocycles. The Bertz CT molecular complexity index is 961. The maximum Gasteiger partial charge on any atom is 0.251 e. The number of anilines is 1. The van der Waals surface area contributed by atoms with Gasteiger partial charge in [-0.25, -0.2) is 13.6 Å². The molecule has 2 aromatic rings. The quantitative estimate of drug-likeness (QED) is 0.603. The fourth-order valence-corrected chi connectivity index (χ4v) is 3.54. The molecule has 0 saturated heterocycles. The molecule has 150 valence electrons. The molecule has 0 aliphatic carbocycles. The van der Waals surface area contributed by atoms with Gasteiger partial charge >= 0.3 is 0 Å². The molecule has 28 heavy (non-hydrogen) atoms. The monoisotopic (exact) mass is 421 g/mol. The van der Waals surface area contributed by atoms with Crippen molar-refractivity contribution >= 4 is 39.3 Å². The maximum atomic E-state index is 12.7. The smallest absolute Gasteiger partial charge is 0.251 e. The number of thioether (sulfide) groups is 1. The molecule has 2 amide bonds. The summed E-state index contributed by atoms with van der Waals surface area (Å²) in [5, 5.41) is 10.5. The number of nitrogens with one attached hydrogen (secondary N) is 2. The van der Waals surface area contributed by atoms with E-state index in [0.717, 1.165) is 5.56 Å². The average Bonchev–Trinajstić information content (AvgIpc) is 2.64. The summed E-state index contributed by atoms with van der Waals surface area (Å²) in [6.45, 7) is 1.88. The zero-order valence-electron chi connectivity index (χ0n) is 15.6. The van der Waals surface area contributed by atoms with Crippen molar-refractivity contribution in [3.8, 4) is 0 Å². The van der Waals surface area contributed by atoms with Crippen LogP contribution in [0.15, 0.2) is 53.4 Å². The molecule has 0 spiro atoms. The van der Waals surface area contributed by atoms with E-state index in [-0.39, 0.29) is 16.5 Å². The van der Waals surface area contributed by atoms with Gasteiger partial charge in [0.05, 0.1) is 4.90 Å². The molecule has 1 unspecified atom stereocenters. The number of nitrogens with two attached hydrogens (primary N) is 1. The van der Waals surface area contributed by atoms with Crippen molar-refractivity contribution in [3.63, 3.8) is 0 Å². The Morgan fingerprint density at radius 3 is 2.50 bits per heavy atom. The van der Waals surface area contributed by atoms with Crippen molar-refractivity contribution in [2.45, 2.75) is 24.3 Å². The van der Waals surface area contributed by atoms with Gasteiger partial charge in [0.15, 0.2) is 0 Å². The Balaban J connectivity index is 2.16. The minimum atomic E-state index is -3.88. The van der Waals surface area contributed by atoms with Gasteiger partial charge in [0, 0.05) is 11.3 Å². The summed E-state index contributed by atoms with van der Waals surface area (Å²) in [5.74, 6) is -0.103. The van der Waals surface area contributed by atoms with Gasteiger partial charge in [0.25, 0.3) is 5.91 Å². The number of hydrogen-bond donors (Lipinski definition) is 3. The summed E-state index contributed by atoms with van der Waals surface area (Å²) in [6, 6.07) is 12.0. The summed E-state index contributed by atoms with van der Waals surface area (Å²) in [7, 11) is -3.88. The molecule has 0 bridgehead atoms. The SMILES string of the molecule is CSCCC(NC(=O)c1cccc(C)c1)C(=O)Nc1cccc(S(N)(=O)=O)c1. The molecule has 1 atom stereocenters. The number of primary sulfonamides is 1. The predicted molar refractivity (Wildman–Crippen MR) is 112 cm³/mol. The molecule has 2 aromatic carbocycles. The van der Waals surface area contributed by atoms with Crippen LogP contribution in [0.1, 0.15) is 22.3 Å². The van der Waals surface area contributed by atoms with Crippen LogP contribution in [0.3, 0.4) is 0 Å². The first-order valence-electron chi connectivity index (χ1n) is 8.51. The van der Waals surface area contributed by atoms with Crippen molar-refractivity contribution in [1.82, 2.24) is 5.32 Å². The number of hydrogen-bond acceptors (Lipinski definition) is 5. The average molecular weight is 422 g/mol.